The van der Waals surface area contributed by atoms with Gasteiger partial charge in [0.15, 0.2) is 0 Å². The second-order valence-electron chi connectivity index (χ2n) is 3.86. The van der Waals surface area contributed by atoms with E-state index in [1.165, 1.54) is 0 Å². The lowest BCUT2D eigenvalue weighted by Crippen LogP contribution is -2.46. The van der Waals surface area contributed by atoms with Gasteiger partial charge in [-0.3, -0.25) is 4.79 Å². The number of likely N-dealkylation sites (N-methyl/N-ethyl adjacent to an activating group) is 1. The third-order valence-electron chi connectivity index (χ3n) is 2.72. The summed E-state index contributed by atoms with van der Waals surface area (Å²) < 4.78 is 5.23. The highest BCUT2D eigenvalue weighted by molar-refractivity contribution is 5.81. The fourth-order valence-corrected chi connectivity index (χ4v) is 1.70. The van der Waals surface area contributed by atoms with Crippen LogP contribution in [0, 0.1) is 0 Å². The van der Waals surface area contributed by atoms with Crippen LogP contribution in [0.1, 0.15) is 26.2 Å². The Balaban J connectivity index is 2.42. The van der Waals surface area contributed by atoms with Crippen molar-refractivity contribution in [2.75, 3.05) is 20.3 Å². The number of hydrogen-bond donors (Lipinski definition) is 1. The first-order chi connectivity index (χ1) is 6.66. The minimum atomic E-state index is -0.342. The van der Waals surface area contributed by atoms with E-state index in [-0.39, 0.29) is 18.0 Å². The second-order valence-corrected chi connectivity index (χ2v) is 3.86. The predicted octanol–water partition coefficient (Wildman–Crippen LogP) is 0.361. The summed E-state index contributed by atoms with van der Waals surface area (Å²) in [6, 6.07) is -0.115. The Labute approximate surface area is 85.4 Å². The van der Waals surface area contributed by atoms with Gasteiger partial charge in [-0.1, -0.05) is 13.3 Å². The van der Waals surface area contributed by atoms with Crippen molar-refractivity contribution < 1.29 is 9.53 Å². The van der Waals surface area contributed by atoms with Gasteiger partial charge in [0, 0.05) is 13.7 Å². The van der Waals surface area contributed by atoms with Gasteiger partial charge in [-0.25, -0.2) is 0 Å². The van der Waals surface area contributed by atoms with Crippen molar-refractivity contribution in [3.63, 3.8) is 0 Å². The van der Waals surface area contributed by atoms with Crippen LogP contribution in [0.25, 0.3) is 0 Å². The SMILES string of the molecule is CCC[C@H](N)C(=O)N(C)C1CCOC1. The zero-order valence-corrected chi connectivity index (χ0v) is 9.03. The number of nitrogens with zero attached hydrogens (tertiary/aromatic N) is 1. The maximum Gasteiger partial charge on any atom is 0.239 e. The minimum absolute atomic E-state index is 0.0438. The number of amides is 1. The lowest BCUT2D eigenvalue weighted by Gasteiger charge is -2.26. The van der Waals surface area contributed by atoms with Gasteiger partial charge < -0.3 is 15.4 Å². The van der Waals surface area contributed by atoms with Gasteiger partial charge in [0.25, 0.3) is 0 Å². The predicted molar refractivity (Wildman–Crippen MR) is 54.9 cm³/mol. The molecule has 1 heterocycles. The van der Waals surface area contributed by atoms with Gasteiger partial charge in [-0.15, -0.1) is 0 Å². The van der Waals surface area contributed by atoms with Crippen molar-refractivity contribution in [2.45, 2.75) is 38.3 Å². The summed E-state index contributed by atoms with van der Waals surface area (Å²) in [6.45, 7) is 3.44. The Morgan fingerprint density at radius 2 is 2.43 bits per heavy atom. The largest absolute Gasteiger partial charge is 0.379 e. The molecule has 1 saturated heterocycles. The highest BCUT2D eigenvalue weighted by Crippen LogP contribution is 2.12. The maximum absolute atomic E-state index is 11.8. The molecule has 0 bridgehead atoms. The minimum Gasteiger partial charge on any atom is -0.379 e. The van der Waals surface area contributed by atoms with E-state index in [1.54, 1.807) is 4.90 Å². The molecular formula is C10H20N2O2. The van der Waals surface area contributed by atoms with Crippen LogP contribution in [0.3, 0.4) is 0 Å². The van der Waals surface area contributed by atoms with E-state index in [2.05, 4.69) is 0 Å². The van der Waals surface area contributed by atoms with Gasteiger partial charge in [0.2, 0.25) is 5.91 Å². The van der Waals surface area contributed by atoms with Crippen molar-refractivity contribution in [1.29, 1.82) is 0 Å². The molecule has 4 heteroatoms. The number of rotatable bonds is 4. The normalized spacial score (nSPS) is 23.5. The van der Waals surface area contributed by atoms with Crippen LogP contribution in [0.5, 0.6) is 0 Å². The fraction of sp³-hybridized carbons (Fsp3) is 0.900. The third-order valence-corrected chi connectivity index (χ3v) is 2.72. The van der Waals surface area contributed by atoms with Crippen LogP contribution < -0.4 is 5.73 Å². The van der Waals surface area contributed by atoms with Gasteiger partial charge in [-0.2, -0.15) is 0 Å². The van der Waals surface area contributed by atoms with Crippen LogP contribution in [-0.4, -0.2) is 43.2 Å². The van der Waals surface area contributed by atoms with Crippen LogP contribution in [0.4, 0.5) is 0 Å². The monoisotopic (exact) mass is 200 g/mol. The van der Waals surface area contributed by atoms with Gasteiger partial charge in [0.05, 0.1) is 18.7 Å². The molecule has 2 N–H and O–H groups in total. The number of carbonyl (C=O) groups excluding carboxylic acids is 1. The molecule has 0 saturated carbocycles. The molecule has 4 nitrogen and oxygen atoms in total. The van der Waals surface area contributed by atoms with Crippen molar-refractivity contribution in [1.82, 2.24) is 4.90 Å². The molecular weight excluding hydrogens is 180 g/mol. The molecule has 0 aromatic heterocycles. The molecule has 2 atom stereocenters. The quantitative estimate of drug-likeness (QED) is 0.713. The van der Waals surface area contributed by atoms with Crippen molar-refractivity contribution in [3.8, 4) is 0 Å². The molecule has 0 radical (unpaired) electrons. The number of hydrogen-bond acceptors (Lipinski definition) is 3. The third kappa shape index (κ3) is 2.69. The average molecular weight is 200 g/mol. The maximum atomic E-state index is 11.8. The Kier molecular flexibility index (Phi) is 4.35. The van der Waals surface area contributed by atoms with Crippen LogP contribution in [0.2, 0.25) is 0 Å². The van der Waals surface area contributed by atoms with E-state index in [9.17, 15) is 4.79 Å². The molecule has 0 aliphatic carbocycles. The highest BCUT2D eigenvalue weighted by atomic mass is 16.5. The topological polar surface area (TPSA) is 55.6 Å². The molecule has 1 aliphatic rings. The summed E-state index contributed by atoms with van der Waals surface area (Å²) >= 11 is 0. The first kappa shape index (κ1) is 11.5. The Bertz CT molecular complexity index is 191. The number of carbonyl (C=O) groups is 1. The van der Waals surface area contributed by atoms with Crippen LogP contribution in [-0.2, 0) is 9.53 Å². The summed E-state index contributed by atoms with van der Waals surface area (Å²) in [5.74, 6) is 0.0438. The number of ether oxygens (including phenoxy) is 1. The van der Waals surface area contributed by atoms with Gasteiger partial charge >= 0.3 is 0 Å². The van der Waals surface area contributed by atoms with Gasteiger partial charge in [-0.05, 0) is 12.8 Å². The highest BCUT2D eigenvalue weighted by Gasteiger charge is 2.26. The summed E-state index contributed by atoms with van der Waals surface area (Å²) in [6.07, 6.45) is 2.64. The van der Waals surface area contributed by atoms with Crippen molar-refractivity contribution >= 4 is 5.91 Å². The molecule has 82 valence electrons. The lowest BCUT2D eigenvalue weighted by molar-refractivity contribution is -0.133. The fourth-order valence-electron chi connectivity index (χ4n) is 1.70. The zero-order chi connectivity index (χ0) is 10.6. The molecule has 1 amide bonds. The first-order valence-corrected chi connectivity index (χ1v) is 5.26. The molecule has 1 unspecified atom stereocenters. The summed E-state index contributed by atoms with van der Waals surface area (Å²) in [5.41, 5.74) is 5.76. The molecule has 1 rings (SSSR count). The Hall–Kier alpha value is -0.610. The summed E-state index contributed by atoms with van der Waals surface area (Å²) in [5, 5.41) is 0. The van der Waals surface area contributed by atoms with E-state index >= 15 is 0 Å². The first-order valence-electron chi connectivity index (χ1n) is 5.26. The van der Waals surface area contributed by atoms with E-state index in [0.29, 0.717) is 6.61 Å². The molecule has 0 spiro atoms. The molecule has 1 fully saturated rings. The number of nitrogens with two attached hydrogens (primary N) is 1. The molecule has 1 aliphatic heterocycles. The molecule has 0 aromatic rings. The van der Waals surface area contributed by atoms with Crippen LogP contribution in [0.15, 0.2) is 0 Å². The lowest BCUT2D eigenvalue weighted by atomic mass is 10.1. The Morgan fingerprint density at radius 1 is 1.71 bits per heavy atom. The molecule has 0 aromatic carbocycles. The van der Waals surface area contributed by atoms with Crippen molar-refractivity contribution in [3.05, 3.63) is 0 Å². The van der Waals surface area contributed by atoms with E-state index in [0.717, 1.165) is 25.9 Å². The van der Waals surface area contributed by atoms with Crippen molar-refractivity contribution in [2.24, 2.45) is 5.73 Å². The van der Waals surface area contributed by atoms with E-state index in [1.807, 2.05) is 14.0 Å². The van der Waals surface area contributed by atoms with Crippen LogP contribution >= 0.6 is 0 Å². The zero-order valence-electron chi connectivity index (χ0n) is 9.03. The average Bonchev–Trinajstić information content (AvgIpc) is 2.68. The smallest absolute Gasteiger partial charge is 0.239 e. The van der Waals surface area contributed by atoms with Gasteiger partial charge in [0.1, 0.15) is 0 Å². The Morgan fingerprint density at radius 3 is 2.93 bits per heavy atom. The van der Waals surface area contributed by atoms with E-state index < -0.39 is 0 Å². The standard InChI is InChI=1S/C10H20N2O2/c1-3-4-9(11)10(13)12(2)8-5-6-14-7-8/h8-9H,3-7,11H2,1-2H3/t8?,9-/m0/s1. The second kappa shape index (κ2) is 5.32. The summed E-state index contributed by atoms with van der Waals surface area (Å²) in [7, 11) is 1.82. The summed E-state index contributed by atoms with van der Waals surface area (Å²) in [4.78, 5) is 13.5. The molecule has 14 heavy (non-hydrogen) atoms. The van der Waals surface area contributed by atoms with E-state index in [4.69, 9.17) is 10.5 Å².